The van der Waals surface area contributed by atoms with Crippen molar-refractivity contribution >= 4 is 40.5 Å². The third-order valence-corrected chi connectivity index (χ3v) is 7.66. The van der Waals surface area contributed by atoms with E-state index in [0.29, 0.717) is 40.1 Å². The fourth-order valence-corrected chi connectivity index (χ4v) is 5.56. The van der Waals surface area contributed by atoms with Gasteiger partial charge in [-0.1, -0.05) is 60.5 Å². The van der Waals surface area contributed by atoms with E-state index in [9.17, 15) is 9.59 Å². The molecule has 0 aliphatic carbocycles. The van der Waals surface area contributed by atoms with Crippen LogP contribution in [0, 0.1) is 0 Å². The summed E-state index contributed by atoms with van der Waals surface area (Å²) < 4.78 is 0. The zero-order valence-electron chi connectivity index (χ0n) is 21.7. The van der Waals surface area contributed by atoms with Crippen LogP contribution in [0.1, 0.15) is 54.4 Å². The highest BCUT2D eigenvalue weighted by Gasteiger charge is 2.29. The number of halogens is 1. The van der Waals surface area contributed by atoms with Crippen LogP contribution < -0.4 is 15.5 Å². The minimum absolute atomic E-state index is 0.0173. The maximum absolute atomic E-state index is 13.4. The number of nitrogens with one attached hydrogen (secondary N) is 2. The lowest BCUT2D eigenvalue weighted by Gasteiger charge is -2.32. The lowest BCUT2D eigenvalue weighted by Crippen LogP contribution is -2.42. The van der Waals surface area contributed by atoms with Crippen LogP contribution in [0.4, 0.5) is 17.1 Å². The molecule has 2 aliphatic heterocycles. The van der Waals surface area contributed by atoms with Gasteiger partial charge in [0.1, 0.15) is 0 Å². The van der Waals surface area contributed by atoms with Crippen LogP contribution in [-0.4, -0.2) is 42.4 Å². The predicted octanol–water partition coefficient (Wildman–Crippen LogP) is 6.39. The molecule has 6 nitrogen and oxygen atoms in total. The molecular weight excluding hydrogens is 496 g/mol. The Labute approximate surface area is 230 Å². The second kappa shape index (κ2) is 12.6. The van der Waals surface area contributed by atoms with Crippen molar-refractivity contribution in [2.45, 2.75) is 51.1 Å². The summed E-state index contributed by atoms with van der Waals surface area (Å²) in [5.74, 6) is -0.257. The first-order valence-electron chi connectivity index (χ1n) is 13.6. The van der Waals surface area contributed by atoms with Crippen LogP contribution in [-0.2, 0) is 11.3 Å². The Hall–Kier alpha value is -3.19. The molecule has 5 rings (SSSR count). The lowest BCUT2D eigenvalue weighted by molar-refractivity contribution is -0.118. The van der Waals surface area contributed by atoms with Gasteiger partial charge in [0, 0.05) is 24.0 Å². The molecule has 2 amide bonds. The van der Waals surface area contributed by atoms with Crippen molar-refractivity contribution in [2.24, 2.45) is 0 Å². The summed E-state index contributed by atoms with van der Waals surface area (Å²) in [6.45, 7) is 4.26. The number of likely N-dealkylation sites (tertiary alicyclic amines) is 1. The standard InChI is InChI=1S/C31H35ClN4O2/c32-24-14-15-29-27(21-24)34-31(38)26-11-6-7-12-28(26)36(29)30(37)13-5-2-8-18-33-25-16-19-35(20-17-25)22-23-9-3-1-4-10-23/h1,3-4,6-7,9-12,14-15,21,25,33H,2,5,8,13,16-20,22H2,(H,34,38). The summed E-state index contributed by atoms with van der Waals surface area (Å²) >= 11 is 6.18. The molecule has 0 saturated carbocycles. The monoisotopic (exact) mass is 530 g/mol. The van der Waals surface area contributed by atoms with E-state index in [1.165, 1.54) is 18.4 Å². The first-order chi connectivity index (χ1) is 18.6. The van der Waals surface area contributed by atoms with Crippen molar-refractivity contribution in [3.8, 4) is 0 Å². The van der Waals surface area contributed by atoms with E-state index < -0.39 is 0 Å². The topological polar surface area (TPSA) is 64.7 Å². The zero-order valence-corrected chi connectivity index (χ0v) is 22.4. The van der Waals surface area contributed by atoms with E-state index >= 15 is 0 Å². The Morgan fingerprint density at radius 3 is 2.50 bits per heavy atom. The second-order valence-electron chi connectivity index (χ2n) is 10.2. The van der Waals surface area contributed by atoms with Crippen LogP contribution in [0.15, 0.2) is 72.8 Å². The van der Waals surface area contributed by atoms with Crippen molar-refractivity contribution < 1.29 is 9.59 Å². The highest BCUT2D eigenvalue weighted by molar-refractivity contribution is 6.31. The van der Waals surface area contributed by atoms with Gasteiger partial charge in [-0.05, 0) is 81.2 Å². The van der Waals surface area contributed by atoms with Crippen molar-refractivity contribution in [2.75, 3.05) is 29.9 Å². The molecule has 38 heavy (non-hydrogen) atoms. The molecule has 0 bridgehead atoms. The van der Waals surface area contributed by atoms with Crippen LogP contribution in [0.2, 0.25) is 5.02 Å². The van der Waals surface area contributed by atoms with Gasteiger partial charge in [0.2, 0.25) is 5.91 Å². The number of nitrogens with zero attached hydrogens (tertiary/aromatic N) is 2. The maximum Gasteiger partial charge on any atom is 0.257 e. The highest BCUT2D eigenvalue weighted by atomic mass is 35.5. The molecule has 3 aromatic rings. The molecule has 3 aromatic carbocycles. The predicted molar refractivity (Wildman–Crippen MR) is 154 cm³/mol. The van der Waals surface area contributed by atoms with E-state index in [1.54, 1.807) is 29.2 Å². The fraction of sp³-hybridized carbons (Fsp3) is 0.355. The highest BCUT2D eigenvalue weighted by Crippen LogP contribution is 2.39. The molecule has 2 aliphatic rings. The minimum Gasteiger partial charge on any atom is -0.320 e. The van der Waals surface area contributed by atoms with Crippen LogP contribution >= 0.6 is 11.6 Å². The van der Waals surface area contributed by atoms with Gasteiger partial charge < -0.3 is 10.6 Å². The molecule has 2 N–H and O–H groups in total. The summed E-state index contributed by atoms with van der Waals surface area (Å²) in [4.78, 5) is 30.5. The number of anilines is 3. The number of carbonyl (C=O) groups excluding carboxylic acids is 2. The van der Waals surface area contributed by atoms with Gasteiger partial charge in [0.15, 0.2) is 0 Å². The van der Waals surface area contributed by atoms with Gasteiger partial charge in [-0.15, -0.1) is 0 Å². The summed E-state index contributed by atoms with van der Waals surface area (Å²) in [5.41, 5.74) is 3.67. The lowest BCUT2D eigenvalue weighted by atomic mass is 10.0. The first-order valence-corrected chi connectivity index (χ1v) is 14.0. The SMILES string of the molecule is O=C1Nc2cc(Cl)ccc2N(C(=O)CCCCCNC2CCN(Cc3ccccc3)CC2)c2ccccc21. The Bertz CT molecular complexity index is 1260. The molecule has 198 valence electrons. The molecule has 0 aromatic heterocycles. The third-order valence-electron chi connectivity index (χ3n) is 7.42. The number of fused-ring (bicyclic) bond motifs is 2. The van der Waals surface area contributed by atoms with Gasteiger partial charge in [0.25, 0.3) is 5.91 Å². The van der Waals surface area contributed by atoms with E-state index in [4.69, 9.17) is 11.6 Å². The molecular formula is C31H35ClN4O2. The van der Waals surface area contributed by atoms with Crippen molar-refractivity contribution in [1.29, 1.82) is 0 Å². The van der Waals surface area contributed by atoms with Gasteiger partial charge in [0.05, 0.1) is 22.6 Å². The molecule has 2 heterocycles. The number of amides is 2. The first kappa shape index (κ1) is 26.4. The average molecular weight is 531 g/mol. The summed E-state index contributed by atoms with van der Waals surface area (Å²) in [7, 11) is 0. The molecule has 1 fully saturated rings. The number of benzene rings is 3. The number of rotatable bonds is 9. The normalized spacial score (nSPS) is 15.9. The average Bonchev–Trinajstić information content (AvgIpc) is 3.05. The van der Waals surface area contributed by atoms with E-state index in [-0.39, 0.29) is 11.8 Å². The third kappa shape index (κ3) is 6.44. The second-order valence-corrected chi connectivity index (χ2v) is 10.6. The van der Waals surface area contributed by atoms with Crippen LogP contribution in [0.25, 0.3) is 0 Å². The number of carbonyl (C=O) groups is 2. The Morgan fingerprint density at radius 1 is 0.921 bits per heavy atom. The Morgan fingerprint density at radius 2 is 1.68 bits per heavy atom. The summed E-state index contributed by atoms with van der Waals surface area (Å²) in [6.07, 6.45) is 5.60. The Balaban J connectivity index is 1.08. The minimum atomic E-state index is -0.239. The van der Waals surface area contributed by atoms with Crippen molar-refractivity contribution in [3.63, 3.8) is 0 Å². The number of para-hydroxylation sites is 1. The smallest absolute Gasteiger partial charge is 0.257 e. The number of hydrogen-bond acceptors (Lipinski definition) is 4. The van der Waals surface area contributed by atoms with E-state index in [1.807, 2.05) is 18.2 Å². The zero-order chi connectivity index (χ0) is 26.3. The molecule has 0 radical (unpaired) electrons. The molecule has 0 spiro atoms. The summed E-state index contributed by atoms with van der Waals surface area (Å²) in [6, 6.07) is 23.7. The van der Waals surface area contributed by atoms with Crippen molar-refractivity contribution in [1.82, 2.24) is 10.2 Å². The Kier molecular flexibility index (Phi) is 8.74. The molecule has 1 saturated heterocycles. The van der Waals surface area contributed by atoms with Crippen molar-refractivity contribution in [3.05, 3.63) is 88.9 Å². The molecule has 7 heteroatoms. The molecule has 0 unspecified atom stereocenters. The summed E-state index contributed by atoms with van der Waals surface area (Å²) in [5, 5.41) is 7.14. The number of unbranched alkanes of at least 4 members (excludes halogenated alkanes) is 2. The maximum atomic E-state index is 13.4. The van der Waals surface area contributed by atoms with E-state index in [2.05, 4.69) is 45.9 Å². The van der Waals surface area contributed by atoms with Crippen LogP contribution in [0.5, 0.6) is 0 Å². The number of hydrogen-bond donors (Lipinski definition) is 2. The quantitative estimate of drug-likeness (QED) is 0.315. The van der Waals surface area contributed by atoms with Gasteiger partial charge in [-0.25, -0.2) is 0 Å². The van der Waals surface area contributed by atoms with Gasteiger partial charge >= 0.3 is 0 Å². The van der Waals surface area contributed by atoms with Gasteiger partial charge in [-0.2, -0.15) is 0 Å². The fourth-order valence-electron chi connectivity index (χ4n) is 5.38. The van der Waals surface area contributed by atoms with Gasteiger partial charge in [-0.3, -0.25) is 19.4 Å². The van der Waals surface area contributed by atoms with E-state index in [0.717, 1.165) is 45.4 Å². The van der Waals surface area contributed by atoms with Crippen LogP contribution in [0.3, 0.4) is 0 Å². The number of piperidine rings is 1. The largest absolute Gasteiger partial charge is 0.320 e. The molecule has 0 atom stereocenters.